The molecule has 0 spiro atoms. The number of pyridine rings is 1. The summed E-state index contributed by atoms with van der Waals surface area (Å²) in [5, 5.41) is 11.3. The van der Waals surface area contributed by atoms with Crippen molar-refractivity contribution < 1.29 is 32.6 Å². The number of aryl methyl sites for hydroxylation is 1. The average Bonchev–Trinajstić information content (AvgIpc) is 3.00. The van der Waals surface area contributed by atoms with Gasteiger partial charge in [0.25, 0.3) is 0 Å². The minimum absolute atomic E-state index is 0.122. The van der Waals surface area contributed by atoms with Crippen LogP contribution >= 0.6 is 0 Å². The van der Waals surface area contributed by atoms with Gasteiger partial charge in [0.05, 0.1) is 12.0 Å². The third-order valence-corrected chi connectivity index (χ3v) is 10.0. The fourth-order valence-electron chi connectivity index (χ4n) is 5.79. The molecule has 0 aliphatic carbocycles. The van der Waals surface area contributed by atoms with E-state index in [2.05, 4.69) is 9.71 Å². The summed E-state index contributed by atoms with van der Waals surface area (Å²) in [5.74, 6) is -3.71. The number of ether oxygens (including phenoxy) is 1. The molecule has 3 aromatic rings. The Labute approximate surface area is 256 Å². The van der Waals surface area contributed by atoms with E-state index < -0.39 is 45.7 Å². The Morgan fingerprint density at radius 3 is 2.39 bits per heavy atom. The largest absolute Gasteiger partial charge is 0.496 e. The van der Waals surface area contributed by atoms with Gasteiger partial charge >= 0.3 is 5.97 Å². The van der Waals surface area contributed by atoms with Crippen molar-refractivity contribution in [3.05, 3.63) is 58.8 Å². The second-order valence-corrected chi connectivity index (χ2v) is 12.9. The molecule has 1 aliphatic rings. The molecule has 1 aliphatic heterocycles. The number of benzene rings is 2. The zero-order valence-corrected chi connectivity index (χ0v) is 26.1. The van der Waals surface area contributed by atoms with Gasteiger partial charge in [-0.25, -0.2) is 13.4 Å². The average molecular weight is 626 g/mol. The summed E-state index contributed by atoms with van der Waals surface area (Å²) in [5.41, 5.74) is 13.9. The fourth-order valence-corrected chi connectivity index (χ4v) is 7.54. The van der Waals surface area contributed by atoms with Crippen molar-refractivity contribution in [2.24, 2.45) is 11.7 Å². The number of methoxy groups -OCH3 is 1. The number of hydrogen-bond acceptors (Lipinski definition) is 9. The lowest BCUT2D eigenvalue weighted by molar-refractivity contribution is -0.146. The fraction of sp³-hybridized carbons (Fsp3) is 0.419. The zero-order chi connectivity index (χ0) is 32.3. The van der Waals surface area contributed by atoms with Gasteiger partial charge in [0.2, 0.25) is 15.9 Å². The van der Waals surface area contributed by atoms with Crippen LogP contribution in [0.25, 0.3) is 10.8 Å². The number of sulfonamides is 1. The molecule has 4 rings (SSSR count). The van der Waals surface area contributed by atoms with Crippen LogP contribution < -0.4 is 20.9 Å². The number of nitrogens with two attached hydrogens (primary N) is 2. The van der Waals surface area contributed by atoms with Gasteiger partial charge in [-0.2, -0.15) is 4.72 Å². The lowest BCUT2D eigenvalue weighted by Gasteiger charge is -2.32. The number of carboxylic acid groups (broad SMARTS) is 1. The maximum Gasteiger partial charge on any atom is 0.322 e. The second kappa shape index (κ2) is 13.3. The summed E-state index contributed by atoms with van der Waals surface area (Å²) in [6.45, 7) is 5.72. The third kappa shape index (κ3) is 6.69. The molecule has 2 heterocycles. The van der Waals surface area contributed by atoms with Crippen molar-refractivity contribution in [2.45, 2.75) is 63.4 Å². The molecule has 13 heteroatoms. The number of aliphatic carboxylic acids is 1. The summed E-state index contributed by atoms with van der Waals surface area (Å²) in [7, 11) is -3.04. The molecule has 2 aromatic carbocycles. The number of piperidine rings is 1. The van der Waals surface area contributed by atoms with Gasteiger partial charge in [-0.1, -0.05) is 12.1 Å². The standard InChI is InChI=1S/C31H39N5O7S/c1-17-14-24(43-4)18(2)19(3)28(17)44(41,42)35-26(25(32)31(39)40)27(37)23(30(38)36-12-6-5-7-13-36)16-20-8-9-21-10-11-34-29(33)22(21)15-20/h8-11,14-15,23,25-26,35H,5-7,12-13,16,32H2,1-4H3,(H2,33,34)(H,39,40)/t23?,25?,26-/m0/s1. The Morgan fingerprint density at radius 1 is 1.07 bits per heavy atom. The van der Waals surface area contributed by atoms with Gasteiger partial charge in [0.1, 0.15) is 29.6 Å². The first-order valence-electron chi connectivity index (χ1n) is 14.4. The van der Waals surface area contributed by atoms with E-state index in [4.69, 9.17) is 16.2 Å². The number of nitrogens with one attached hydrogen (secondary N) is 1. The molecule has 44 heavy (non-hydrogen) atoms. The van der Waals surface area contributed by atoms with E-state index in [1.165, 1.54) is 7.11 Å². The maximum absolute atomic E-state index is 14.3. The van der Waals surface area contributed by atoms with Crippen LogP contribution in [0.5, 0.6) is 5.75 Å². The van der Waals surface area contributed by atoms with E-state index in [9.17, 15) is 27.9 Å². The van der Waals surface area contributed by atoms with Crippen LogP contribution in [0.1, 0.15) is 41.5 Å². The third-order valence-electron chi connectivity index (χ3n) is 8.31. The van der Waals surface area contributed by atoms with Crippen LogP contribution in [-0.4, -0.2) is 73.4 Å². The van der Waals surface area contributed by atoms with E-state index in [1.807, 2.05) is 0 Å². The molecule has 1 aromatic heterocycles. The van der Waals surface area contributed by atoms with Crippen molar-refractivity contribution >= 4 is 44.3 Å². The number of amides is 1. The van der Waals surface area contributed by atoms with Crippen molar-refractivity contribution in [2.75, 3.05) is 25.9 Å². The molecule has 0 saturated carbocycles. The summed E-state index contributed by atoms with van der Waals surface area (Å²) in [6.07, 6.45) is 3.89. The molecule has 0 radical (unpaired) electrons. The zero-order valence-electron chi connectivity index (χ0n) is 25.3. The Hall–Kier alpha value is -4.07. The molecule has 236 valence electrons. The molecular weight excluding hydrogens is 586 g/mol. The first kappa shape index (κ1) is 32.8. The molecule has 1 saturated heterocycles. The van der Waals surface area contributed by atoms with Crippen LogP contribution in [0.2, 0.25) is 0 Å². The number of carbonyl (C=O) groups excluding carboxylic acids is 2. The first-order valence-corrected chi connectivity index (χ1v) is 15.9. The van der Waals surface area contributed by atoms with Gasteiger partial charge in [-0.05, 0) is 92.3 Å². The first-order chi connectivity index (χ1) is 20.8. The van der Waals surface area contributed by atoms with Crippen LogP contribution in [0.3, 0.4) is 0 Å². The lowest BCUT2D eigenvalue weighted by atomic mass is 9.87. The van der Waals surface area contributed by atoms with E-state index in [1.54, 1.807) is 62.2 Å². The highest BCUT2D eigenvalue weighted by Gasteiger charge is 2.42. The summed E-state index contributed by atoms with van der Waals surface area (Å²) in [6, 6.07) is 4.68. The monoisotopic (exact) mass is 625 g/mol. The number of nitrogens with zero attached hydrogens (tertiary/aromatic N) is 2. The molecule has 12 nitrogen and oxygen atoms in total. The van der Waals surface area contributed by atoms with Crippen molar-refractivity contribution in [3.63, 3.8) is 0 Å². The summed E-state index contributed by atoms with van der Waals surface area (Å²) >= 11 is 0. The Morgan fingerprint density at radius 2 is 1.75 bits per heavy atom. The van der Waals surface area contributed by atoms with Gasteiger partial charge in [-0.3, -0.25) is 14.4 Å². The number of fused-ring (bicyclic) bond motifs is 1. The summed E-state index contributed by atoms with van der Waals surface area (Å²) < 4.78 is 35.3. The Kier molecular flexibility index (Phi) is 9.91. The van der Waals surface area contributed by atoms with E-state index in [0.717, 1.165) is 24.6 Å². The SMILES string of the molecule is COc1cc(C)c(S(=O)(=O)N[C@H](C(=O)C(Cc2ccc3ccnc(N)c3c2)C(=O)N2CCCCC2)C(N)C(=O)O)c(C)c1C. The lowest BCUT2D eigenvalue weighted by Crippen LogP contribution is -2.59. The number of likely N-dealkylation sites (tertiary alicyclic amines) is 1. The maximum atomic E-state index is 14.3. The molecule has 0 bridgehead atoms. The molecular formula is C31H39N5O7S. The number of nitrogen functional groups attached to an aromatic ring is 1. The van der Waals surface area contributed by atoms with E-state index >= 15 is 0 Å². The van der Waals surface area contributed by atoms with Crippen LogP contribution in [0, 0.1) is 26.7 Å². The Balaban J connectivity index is 1.78. The molecule has 1 amide bonds. The highest BCUT2D eigenvalue weighted by Crippen LogP contribution is 2.31. The predicted molar refractivity (Wildman–Crippen MR) is 166 cm³/mol. The van der Waals surface area contributed by atoms with Crippen LogP contribution in [-0.2, 0) is 30.8 Å². The van der Waals surface area contributed by atoms with Crippen molar-refractivity contribution in [1.29, 1.82) is 0 Å². The smallest absolute Gasteiger partial charge is 0.322 e. The van der Waals surface area contributed by atoms with Crippen LogP contribution in [0.4, 0.5) is 5.82 Å². The highest BCUT2D eigenvalue weighted by atomic mass is 32.2. The van der Waals surface area contributed by atoms with Gasteiger partial charge < -0.3 is 26.2 Å². The number of rotatable bonds is 11. The molecule has 2 unspecified atom stereocenters. The number of carboxylic acids is 1. The number of hydrogen-bond donors (Lipinski definition) is 4. The minimum atomic E-state index is -4.50. The number of ketones is 1. The highest BCUT2D eigenvalue weighted by molar-refractivity contribution is 7.89. The number of aromatic nitrogens is 1. The van der Waals surface area contributed by atoms with Crippen LogP contribution in [0.15, 0.2) is 41.4 Å². The van der Waals surface area contributed by atoms with Gasteiger partial charge in [0, 0.05) is 24.7 Å². The van der Waals surface area contributed by atoms with Crippen molar-refractivity contribution in [3.8, 4) is 5.75 Å². The van der Waals surface area contributed by atoms with Crippen molar-refractivity contribution in [1.82, 2.24) is 14.6 Å². The van der Waals surface area contributed by atoms with Gasteiger partial charge in [0.15, 0.2) is 5.78 Å². The van der Waals surface area contributed by atoms with E-state index in [-0.39, 0.29) is 17.1 Å². The number of anilines is 1. The van der Waals surface area contributed by atoms with Gasteiger partial charge in [-0.15, -0.1) is 0 Å². The van der Waals surface area contributed by atoms with E-state index in [0.29, 0.717) is 46.5 Å². The number of carbonyl (C=O) groups is 3. The molecule has 3 atom stereocenters. The number of Topliss-reactive ketones (excluding diaryl/α,β-unsaturated/α-hetero) is 1. The molecule has 1 fully saturated rings. The normalized spacial score (nSPS) is 15.9. The Bertz CT molecular complexity index is 1700. The minimum Gasteiger partial charge on any atom is -0.496 e. The summed E-state index contributed by atoms with van der Waals surface area (Å²) in [4.78, 5) is 45.9. The predicted octanol–water partition coefficient (Wildman–Crippen LogP) is 2.25. The molecule has 6 N–H and O–H groups in total. The second-order valence-electron chi connectivity index (χ2n) is 11.2. The quantitative estimate of drug-likeness (QED) is 0.230. The topological polar surface area (TPSA) is 195 Å².